The number of rotatable bonds is 3. The van der Waals surface area contributed by atoms with Gasteiger partial charge in [0.05, 0.1) is 18.1 Å². The van der Waals surface area contributed by atoms with E-state index in [1.54, 1.807) is 0 Å². The maximum Gasteiger partial charge on any atom is 0.0947 e. The molecule has 1 heterocycles. The molecular weight excluding hydrogens is 188 g/mol. The van der Waals surface area contributed by atoms with Gasteiger partial charge in [0.1, 0.15) is 0 Å². The van der Waals surface area contributed by atoms with Gasteiger partial charge < -0.3 is 4.57 Å². The normalized spacial score (nSPS) is 20.4. The highest BCUT2D eigenvalue weighted by Crippen LogP contribution is 2.33. The summed E-state index contributed by atoms with van der Waals surface area (Å²) in [5, 5.41) is 0. The zero-order valence-corrected chi connectivity index (χ0v) is 9.32. The number of hydrazine groups is 1. The average molecular weight is 208 g/mol. The van der Waals surface area contributed by atoms with Crippen molar-refractivity contribution in [2.45, 2.75) is 38.1 Å². The summed E-state index contributed by atoms with van der Waals surface area (Å²) in [6.07, 6.45) is 10.5. The number of hydrogen-bond acceptors (Lipinski definition) is 3. The van der Waals surface area contributed by atoms with E-state index in [4.69, 9.17) is 5.84 Å². The molecule has 1 aliphatic carbocycles. The van der Waals surface area contributed by atoms with Gasteiger partial charge in [-0.15, -0.1) is 0 Å². The molecule has 15 heavy (non-hydrogen) atoms. The second-order valence-corrected chi connectivity index (χ2v) is 4.51. The number of imidazole rings is 1. The molecule has 4 nitrogen and oxygen atoms in total. The molecule has 0 aromatic carbocycles. The molecule has 0 aliphatic heterocycles. The van der Waals surface area contributed by atoms with Crippen LogP contribution in [0.25, 0.3) is 0 Å². The first kappa shape index (κ1) is 10.6. The Kier molecular flexibility index (Phi) is 3.38. The Balaban J connectivity index is 2.08. The van der Waals surface area contributed by atoms with Gasteiger partial charge in [-0.25, -0.2) is 4.98 Å². The number of nitrogens with one attached hydrogen (secondary N) is 1. The van der Waals surface area contributed by atoms with E-state index >= 15 is 0 Å². The molecule has 0 spiro atoms. The monoisotopic (exact) mass is 208 g/mol. The van der Waals surface area contributed by atoms with Crippen LogP contribution in [0.4, 0.5) is 0 Å². The van der Waals surface area contributed by atoms with Crippen LogP contribution in [0.2, 0.25) is 0 Å². The molecule has 1 aromatic rings. The van der Waals surface area contributed by atoms with Gasteiger partial charge in [-0.05, 0) is 18.8 Å². The number of aryl methyl sites for hydroxylation is 1. The zero-order chi connectivity index (χ0) is 10.7. The molecule has 4 heteroatoms. The van der Waals surface area contributed by atoms with E-state index in [2.05, 4.69) is 16.6 Å². The topological polar surface area (TPSA) is 55.9 Å². The van der Waals surface area contributed by atoms with Crippen molar-refractivity contribution in [3.05, 3.63) is 18.2 Å². The third-order valence-corrected chi connectivity index (χ3v) is 3.34. The lowest BCUT2D eigenvalue weighted by Crippen LogP contribution is -2.34. The maximum absolute atomic E-state index is 5.65. The Morgan fingerprint density at radius 1 is 1.47 bits per heavy atom. The Labute approximate surface area is 90.8 Å². The summed E-state index contributed by atoms with van der Waals surface area (Å²) in [6, 6.07) is 0.228. The van der Waals surface area contributed by atoms with Crippen LogP contribution >= 0.6 is 0 Å². The maximum atomic E-state index is 5.65. The van der Waals surface area contributed by atoms with Crippen LogP contribution in [0.5, 0.6) is 0 Å². The van der Waals surface area contributed by atoms with Crippen molar-refractivity contribution in [1.29, 1.82) is 0 Å². The first-order valence-electron chi connectivity index (χ1n) is 5.75. The molecule has 1 unspecified atom stereocenters. The molecule has 1 fully saturated rings. The molecule has 3 N–H and O–H groups in total. The summed E-state index contributed by atoms with van der Waals surface area (Å²) in [6.45, 7) is 0. The second-order valence-electron chi connectivity index (χ2n) is 4.51. The van der Waals surface area contributed by atoms with E-state index < -0.39 is 0 Å². The van der Waals surface area contributed by atoms with Crippen LogP contribution in [0.1, 0.15) is 43.8 Å². The molecule has 1 aliphatic rings. The summed E-state index contributed by atoms with van der Waals surface area (Å²) >= 11 is 0. The minimum absolute atomic E-state index is 0.228. The van der Waals surface area contributed by atoms with Crippen LogP contribution in [0.15, 0.2) is 12.5 Å². The Hall–Kier alpha value is -0.870. The molecule has 1 aromatic heterocycles. The lowest BCUT2D eigenvalue weighted by Gasteiger charge is -2.28. The lowest BCUT2D eigenvalue weighted by molar-refractivity contribution is 0.270. The van der Waals surface area contributed by atoms with Crippen molar-refractivity contribution in [3.63, 3.8) is 0 Å². The molecule has 2 rings (SSSR count). The van der Waals surface area contributed by atoms with E-state index in [9.17, 15) is 0 Å². The SMILES string of the molecule is Cn1cnc(C(NN)C2CCCCC2)c1. The van der Waals surface area contributed by atoms with Gasteiger partial charge in [0.25, 0.3) is 0 Å². The van der Waals surface area contributed by atoms with Crippen LogP contribution < -0.4 is 11.3 Å². The fourth-order valence-corrected chi connectivity index (χ4v) is 2.52. The smallest absolute Gasteiger partial charge is 0.0947 e. The Bertz CT molecular complexity index is 301. The van der Waals surface area contributed by atoms with Gasteiger partial charge in [0.2, 0.25) is 0 Å². The van der Waals surface area contributed by atoms with Crippen molar-refractivity contribution in [1.82, 2.24) is 15.0 Å². The predicted octanol–water partition coefficient (Wildman–Crippen LogP) is 1.50. The minimum Gasteiger partial charge on any atom is -0.340 e. The standard InChI is InChI=1S/C11H20N4/c1-15-7-10(13-8-15)11(14-12)9-5-3-2-4-6-9/h7-9,11,14H,2-6,12H2,1H3. The van der Waals surface area contributed by atoms with Crippen LogP contribution in [0.3, 0.4) is 0 Å². The summed E-state index contributed by atoms with van der Waals surface area (Å²) in [5.74, 6) is 6.30. The fourth-order valence-electron chi connectivity index (χ4n) is 2.52. The fraction of sp³-hybridized carbons (Fsp3) is 0.727. The molecule has 84 valence electrons. The average Bonchev–Trinajstić information content (AvgIpc) is 2.68. The molecule has 0 saturated heterocycles. The van der Waals surface area contributed by atoms with Crippen molar-refractivity contribution < 1.29 is 0 Å². The van der Waals surface area contributed by atoms with Gasteiger partial charge >= 0.3 is 0 Å². The zero-order valence-electron chi connectivity index (χ0n) is 9.32. The van der Waals surface area contributed by atoms with E-state index in [0.29, 0.717) is 5.92 Å². The molecular formula is C11H20N4. The van der Waals surface area contributed by atoms with Crippen molar-refractivity contribution in [2.24, 2.45) is 18.8 Å². The highest BCUT2D eigenvalue weighted by molar-refractivity contribution is 5.05. The molecule has 0 amide bonds. The van der Waals surface area contributed by atoms with Crippen LogP contribution in [-0.2, 0) is 7.05 Å². The lowest BCUT2D eigenvalue weighted by atomic mass is 9.83. The minimum atomic E-state index is 0.228. The predicted molar refractivity (Wildman–Crippen MR) is 59.8 cm³/mol. The van der Waals surface area contributed by atoms with Gasteiger partial charge in [0, 0.05) is 13.2 Å². The van der Waals surface area contributed by atoms with Crippen molar-refractivity contribution >= 4 is 0 Å². The molecule has 0 bridgehead atoms. The third kappa shape index (κ3) is 2.38. The highest BCUT2D eigenvalue weighted by Gasteiger charge is 2.25. The Morgan fingerprint density at radius 3 is 2.73 bits per heavy atom. The summed E-state index contributed by atoms with van der Waals surface area (Å²) in [5.41, 5.74) is 4.00. The highest BCUT2D eigenvalue weighted by atomic mass is 15.2. The third-order valence-electron chi connectivity index (χ3n) is 3.34. The number of nitrogens with two attached hydrogens (primary N) is 1. The molecule has 0 radical (unpaired) electrons. The van der Waals surface area contributed by atoms with Gasteiger partial charge in [-0.1, -0.05) is 19.3 Å². The largest absolute Gasteiger partial charge is 0.340 e. The number of hydrogen-bond donors (Lipinski definition) is 2. The van der Waals surface area contributed by atoms with Crippen molar-refractivity contribution in [2.75, 3.05) is 0 Å². The number of aromatic nitrogens is 2. The van der Waals surface area contributed by atoms with E-state index in [1.807, 2.05) is 17.9 Å². The number of nitrogens with zero attached hydrogens (tertiary/aromatic N) is 2. The van der Waals surface area contributed by atoms with E-state index in [0.717, 1.165) is 5.69 Å². The first-order valence-corrected chi connectivity index (χ1v) is 5.75. The van der Waals surface area contributed by atoms with Gasteiger partial charge in [-0.3, -0.25) is 11.3 Å². The summed E-state index contributed by atoms with van der Waals surface area (Å²) in [4.78, 5) is 4.38. The van der Waals surface area contributed by atoms with Gasteiger partial charge in [-0.2, -0.15) is 0 Å². The Morgan fingerprint density at radius 2 is 2.20 bits per heavy atom. The molecule has 1 saturated carbocycles. The summed E-state index contributed by atoms with van der Waals surface area (Å²) < 4.78 is 1.97. The van der Waals surface area contributed by atoms with E-state index in [1.165, 1.54) is 32.1 Å². The van der Waals surface area contributed by atoms with E-state index in [-0.39, 0.29) is 6.04 Å². The summed E-state index contributed by atoms with van der Waals surface area (Å²) in [7, 11) is 1.99. The quantitative estimate of drug-likeness (QED) is 0.584. The second kappa shape index (κ2) is 4.77. The molecule has 1 atom stereocenters. The first-order chi connectivity index (χ1) is 7.31. The van der Waals surface area contributed by atoms with Crippen molar-refractivity contribution in [3.8, 4) is 0 Å². The van der Waals surface area contributed by atoms with Crippen LogP contribution in [0, 0.1) is 5.92 Å². The van der Waals surface area contributed by atoms with Gasteiger partial charge in [0.15, 0.2) is 0 Å². The van der Waals surface area contributed by atoms with Crippen LogP contribution in [-0.4, -0.2) is 9.55 Å².